The standard InChI is InChI=1S/C19H24N4O/c24-19(23-12-6-11-18(23)16-9-4-5-10-16)17-14-22(21-20-17)13-15-7-2-1-3-8-15/h1-3,7-8,14,16,18H,4-6,9-13H2/t18-/m0/s1. The van der Waals surface area contributed by atoms with Gasteiger partial charge in [0.15, 0.2) is 5.69 Å². The minimum Gasteiger partial charge on any atom is -0.334 e. The lowest BCUT2D eigenvalue weighted by molar-refractivity contribution is 0.0683. The summed E-state index contributed by atoms with van der Waals surface area (Å²) in [7, 11) is 0. The predicted molar refractivity (Wildman–Crippen MR) is 91.6 cm³/mol. The summed E-state index contributed by atoms with van der Waals surface area (Å²) in [5.41, 5.74) is 1.64. The van der Waals surface area contributed by atoms with E-state index in [-0.39, 0.29) is 5.91 Å². The Labute approximate surface area is 142 Å². The summed E-state index contributed by atoms with van der Waals surface area (Å²) in [5.74, 6) is 0.750. The maximum Gasteiger partial charge on any atom is 0.276 e. The van der Waals surface area contributed by atoms with Crippen LogP contribution in [0.25, 0.3) is 0 Å². The number of amides is 1. The molecule has 4 rings (SSSR count). The first kappa shape index (κ1) is 15.4. The molecule has 0 radical (unpaired) electrons. The molecule has 1 amide bonds. The minimum absolute atomic E-state index is 0.0590. The second kappa shape index (κ2) is 6.75. The van der Waals surface area contributed by atoms with Crippen LogP contribution in [0.3, 0.4) is 0 Å². The number of carbonyl (C=O) groups excluding carboxylic acids is 1. The zero-order chi connectivity index (χ0) is 16.4. The topological polar surface area (TPSA) is 51.0 Å². The van der Waals surface area contributed by atoms with E-state index in [4.69, 9.17) is 0 Å². The molecule has 2 aromatic rings. The molecule has 2 heterocycles. The van der Waals surface area contributed by atoms with Gasteiger partial charge < -0.3 is 4.90 Å². The first-order chi connectivity index (χ1) is 11.8. The van der Waals surface area contributed by atoms with Gasteiger partial charge >= 0.3 is 0 Å². The van der Waals surface area contributed by atoms with E-state index in [1.807, 2.05) is 18.2 Å². The summed E-state index contributed by atoms with van der Waals surface area (Å²) >= 11 is 0. The van der Waals surface area contributed by atoms with Crippen LogP contribution in [-0.2, 0) is 6.54 Å². The number of likely N-dealkylation sites (tertiary alicyclic amines) is 1. The lowest BCUT2D eigenvalue weighted by Crippen LogP contribution is -2.39. The molecule has 0 bridgehead atoms. The number of hydrogen-bond acceptors (Lipinski definition) is 3. The molecule has 5 heteroatoms. The number of aromatic nitrogens is 3. The summed E-state index contributed by atoms with van der Waals surface area (Å²) in [6, 6.07) is 10.5. The average Bonchev–Trinajstić information content (AvgIpc) is 3.35. The van der Waals surface area contributed by atoms with Crippen molar-refractivity contribution in [2.75, 3.05) is 6.54 Å². The highest BCUT2D eigenvalue weighted by molar-refractivity contribution is 5.92. The van der Waals surface area contributed by atoms with Gasteiger partial charge in [0, 0.05) is 12.6 Å². The molecular weight excluding hydrogens is 300 g/mol. The van der Waals surface area contributed by atoms with Crippen LogP contribution in [0.15, 0.2) is 36.5 Å². The van der Waals surface area contributed by atoms with Crippen LogP contribution in [-0.4, -0.2) is 38.4 Å². The van der Waals surface area contributed by atoms with Gasteiger partial charge in [0.05, 0.1) is 12.7 Å². The van der Waals surface area contributed by atoms with Crippen molar-refractivity contribution in [3.05, 3.63) is 47.8 Å². The minimum atomic E-state index is 0.0590. The third-order valence-electron chi connectivity index (χ3n) is 5.45. The Morgan fingerprint density at radius 2 is 1.88 bits per heavy atom. The number of benzene rings is 1. The first-order valence-corrected chi connectivity index (χ1v) is 9.06. The van der Waals surface area contributed by atoms with Crippen LogP contribution in [0, 0.1) is 5.92 Å². The molecule has 2 aliphatic rings. The fraction of sp³-hybridized carbons (Fsp3) is 0.526. The van der Waals surface area contributed by atoms with E-state index >= 15 is 0 Å². The quantitative estimate of drug-likeness (QED) is 0.868. The Bertz CT molecular complexity index is 690. The molecule has 24 heavy (non-hydrogen) atoms. The van der Waals surface area contributed by atoms with Gasteiger partial charge in [0.2, 0.25) is 0 Å². The van der Waals surface area contributed by atoms with Gasteiger partial charge in [0.25, 0.3) is 5.91 Å². The third kappa shape index (κ3) is 3.07. The molecule has 1 aromatic heterocycles. The van der Waals surface area contributed by atoms with Crippen LogP contribution in [0.5, 0.6) is 0 Å². The Morgan fingerprint density at radius 1 is 1.08 bits per heavy atom. The lowest BCUT2D eigenvalue weighted by Gasteiger charge is -2.28. The average molecular weight is 324 g/mol. The summed E-state index contributed by atoms with van der Waals surface area (Å²) < 4.78 is 1.75. The predicted octanol–water partition coefficient (Wildman–Crippen LogP) is 3.12. The highest BCUT2D eigenvalue weighted by Gasteiger charge is 2.36. The number of hydrogen-bond donors (Lipinski definition) is 0. The van der Waals surface area contributed by atoms with E-state index in [2.05, 4.69) is 27.3 Å². The fourth-order valence-corrected chi connectivity index (χ4v) is 4.27. The van der Waals surface area contributed by atoms with Gasteiger partial charge in [-0.05, 0) is 37.2 Å². The van der Waals surface area contributed by atoms with E-state index in [9.17, 15) is 4.79 Å². The van der Waals surface area contributed by atoms with Crippen molar-refractivity contribution in [2.24, 2.45) is 5.92 Å². The van der Waals surface area contributed by atoms with Crippen molar-refractivity contribution < 1.29 is 4.79 Å². The van der Waals surface area contributed by atoms with Crippen LogP contribution < -0.4 is 0 Å². The molecule has 1 atom stereocenters. The number of rotatable bonds is 4. The van der Waals surface area contributed by atoms with Crippen LogP contribution in [0.2, 0.25) is 0 Å². The van der Waals surface area contributed by atoms with Crippen molar-refractivity contribution in [3.8, 4) is 0 Å². The van der Waals surface area contributed by atoms with E-state index in [1.54, 1.807) is 10.9 Å². The Morgan fingerprint density at radius 3 is 2.67 bits per heavy atom. The van der Waals surface area contributed by atoms with E-state index < -0.39 is 0 Å². The molecule has 1 saturated heterocycles. The Kier molecular flexibility index (Phi) is 4.32. The van der Waals surface area contributed by atoms with E-state index in [0.29, 0.717) is 24.2 Å². The summed E-state index contributed by atoms with van der Waals surface area (Å²) in [5, 5.41) is 8.29. The maximum atomic E-state index is 12.9. The number of nitrogens with zero attached hydrogens (tertiary/aromatic N) is 4. The van der Waals surface area contributed by atoms with Crippen LogP contribution in [0.1, 0.15) is 54.6 Å². The molecule has 126 valence electrons. The van der Waals surface area contributed by atoms with Crippen LogP contribution in [0.4, 0.5) is 0 Å². The smallest absolute Gasteiger partial charge is 0.276 e. The number of carbonyl (C=O) groups is 1. The van der Waals surface area contributed by atoms with Gasteiger partial charge in [-0.15, -0.1) is 5.10 Å². The van der Waals surface area contributed by atoms with Crippen LogP contribution >= 0.6 is 0 Å². The molecule has 0 unspecified atom stereocenters. The Hall–Kier alpha value is -2.17. The molecule has 0 spiro atoms. The summed E-state index contributed by atoms with van der Waals surface area (Å²) in [6.45, 7) is 1.51. The molecule has 2 fully saturated rings. The van der Waals surface area contributed by atoms with Gasteiger partial charge in [-0.25, -0.2) is 4.68 Å². The monoisotopic (exact) mass is 324 g/mol. The van der Waals surface area contributed by atoms with Crippen molar-refractivity contribution >= 4 is 5.91 Å². The largest absolute Gasteiger partial charge is 0.334 e. The van der Waals surface area contributed by atoms with Gasteiger partial charge in [-0.1, -0.05) is 48.4 Å². The van der Waals surface area contributed by atoms with Gasteiger partial charge in [-0.3, -0.25) is 4.79 Å². The molecule has 1 aliphatic carbocycles. The maximum absolute atomic E-state index is 12.9. The lowest BCUT2D eigenvalue weighted by atomic mass is 9.96. The van der Waals surface area contributed by atoms with Crippen molar-refractivity contribution in [1.82, 2.24) is 19.9 Å². The second-order valence-electron chi connectivity index (χ2n) is 7.04. The fourth-order valence-electron chi connectivity index (χ4n) is 4.27. The highest BCUT2D eigenvalue weighted by Crippen LogP contribution is 2.35. The third-order valence-corrected chi connectivity index (χ3v) is 5.45. The zero-order valence-electron chi connectivity index (χ0n) is 14.0. The normalized spacial score (nSPS) is 21.5. The molecule has 1 aromatic carbocycles. The highest BCUT2D eigenvalue weighted by atomic mass is 16.2. The second-order valence-corrected chi connectivity index (χ2v) is 7.04. The Balaban J connectivity index is 1.46. The SMILES string of the molecule is O=C(c1cn(Cc2ccccc2)nn1)N1CCC[C@H]1C1CCCC1. The zero-order valence-corrected chi connectivity index (χ0v) is 14.0. The molecular formula is C19H24N4O. The van der Waals surface area contributed by atoms with Crippen molar-refractivity contribution in [1.29, 1.82) is 0 Å². The molecule has 5 nitrogen and oxygen atoms in total. The van der Waals surface area contributed by atoms with E-state index in [1.165, 1.54) is 25.7 Å². The van der Waals surface area contributed by atoms with Gasteiger partial charge in [-0.2, -0.15) is 0 Å². The van der Waals surface area contributed by atoms with Crippen molar-refractivity contribution in [2.45, 2.75) is 51.1 Å². The molecule has 1 saturated carbocycles. The summed E-state index contributed by atoms with van der Waals surface area (Å²) in [6.07, 6.45) is 9.23. The van der Waals surface area contributed by atoms with E-state index in [0.717, 1.165) is 24.9 Å². The first-order valence-electron chi connectivity index (χ1n) is 9.06. The van der Waals surface area contributed by atoms with Crippen molar-refractivity contribution in [3.63, 3.8) is 0 Å². The molecule has 1 aliphatic heterocycles. The molecule has 0 N–H and O–H groups in total. The van der Waals surface area contributed by atoms with Gasteiger partial charge in [0.1, 0.15) is 0 Å². The summed E-state index contributed by atoms with van der Waals surface area (Å²) in [4.78, 5) is 15.0.